The summed E-state index contributed by atoms with van der Waals surface area (Å²) in [6.45, 7) is 8.40. The van der Waals surface area contributed by atoms with Crippen LogP contribution in [-0.4, -0.2) is 48.6 Å². The SMILES string of the molecule is CCC(C)C1C(=O)NC(C)(C)C(=O)N1CCOC. The minimum atomic E-state index is -0.825. The van der Waals surface area contributed by atoms with Gasteiger partial charge in [0.25, 0.3) is 0 Å². The van der Waals surface area contributed by atoms with E-state index >= 15 is 0 Å². The van der Waals surface area contributed by atoms with Crippen molar-refractivity contribution < 1.29 is 14.3 Å². The summed E-state index contributed by atoms with van der Waals surface area (Å²) in [6.07, 6.45) is 0.856. The van der Waals surface area contributed by atoms with E-state index < -0.39 is 5.54 Å². The number of nitrogens with zero attached hydrogens (tertiary/aromatic N) is 1. The van der Waals surface area contributed by atoms with Crippen molar-refractivity contribution in [2.75, 3.05) is 20.3 Å². The average molecular weight is 256 g/mol. The highest BCUT2D eigenvalue weighted by atomic mass is 16.5. The summed E-state index contributed by atoms with van der Waals surface area (Å²) in [7, 11) is 1.60. The van der Waals surface area contributed by atoms with E-state index in [9.17, 15) is 9.59 Å². The van der Waals surface area contributed by atoms with Crippen LogP contribution in [0, 0.1) is 5.92 Å². The van der Waals surface area contributed by atoms with E-state index in [4.69, 9.17) is 4.74 Å². The molecule has 1 heterocycles. The summed E-state index contributed by atoms with van der Waals surface area (Å²) in [5, 5.41) is 2.81. The van der Waals surface area contributed by atoms with Gasteiger partial charge in [-0.1, -0.05) is 20.3 Å². The molecule has 1 saturated heterocycles. The highest BCUT2D eigenvalue weighted by molar-refractivity contribution is 5.99. The van der Waals surface area contributed by atoms with Crippen molar-refractivity contribution in [3.05, 3.63) is 0 Å². The van der Waals surface area contributed by atoms with Gasteiger partial charge in [-0.15, -0.1) is 0 Å². The molecule has 2 unspecified atom stereocenters. The van der Waals surface area contributed by atoms with E-state index in [2.05, 4.69) is 5.32 Å². The molecule has 0 aromatic heterocycles. The molecule has 104 valence electrons. The Morgan fingerprint density at radius 1 is 1.44 bits per heavy atom. The zero-order valence-electron chi connectivity index (χ0n) is 11.9. The number of methoxy groups -OCH3 is 1. The van der Waals surface area contributed by atoms with Gasteiger partial charge in [0.15, 0.2) is 0 Å². The van der Waals surface area contributed by atoms with E-state index in [1.807, 2.05) is 13.8 Å². The highest BCUT2D eigenvalue weighted by Gasteiger charge is 2.46. The summed E-state index contributed by atoms with van der Waals surface area (Å²) < 4.78 is 5.03. The number of amides is 2. The third kappa shape index (κ3) is 2.83. The van der Waals surface area contributed by atoms with Crippen molar-refractivity contribution in [1.29, 1.82) is 0 Å². The van der Waals surface area contributed by atoms with E-state index in [-0.39, 0.29) is 23.8 Å². The highest BCUT2D eigenvalue weighted by Crippen LogP contribution is 2.24. The van der Waals surface area contributed by atoms with Crippen LogP contribution in [0.5, 0.6) is 0 Å². The molecule has 0 aliphatic carbocycles. The normalized spacial score (nSPS) is 24.9. The van der Waals surface area contributed by atoms with Crippen LogP contribution in [0.2, 0.25) is 0 Å². The lowest BCUT2D eigenvalue weighted by Gasteiger charge is -2.44. The van der Waals surface area contributed by atoms with Crippen molar-refractivity contribution in [3.8, 4) is 0 Å². The van der Waals surface area contributed by atoms with Gasteiger partial charge >= 0.3 is 0 Å². The molecule has 1 N–H and O–H groups in total. The van der Waals surface area contributed by atoms with Gasteiger partial charge in [0.2, 0.25) is 11.8 Å². The summed E-state index contributed by atoms with van der Waals surface area (Å²) in [5.74, 6) is 0.0383. The molecule has 5 heteroatoms. The molecule has 0 radical (unpaired) electrons. The Morgan fingerprint density at radius 3 is 2.56 bits per heavy atom. The first-order chi connectivity index (χ1) is 8.35. The molecule has 2 atom stereocenters. The quantitative estimate of drug-likeness (QED) is 0.791. The van der Waals surface area contributed by atoms with Gasteiger partial charge < -0.3 is 15.0 Å². The fourth-order valence-electron chi connectivity index (χ4n) is 2.28. The van der Waals surface area contributed by atoms with E-state index in [0.29, 0.717) is 13.2 Å². The number of rotatable bonds is 5. The molecule has 1 aliphatic rings. The lowest BCUT2D eigenvalue weighted by molar-refractivity contribution is -0.156. The molecular weight excluding hydrogens is 232 g/mol. The number of ether oxygens (including phenoxy) is 1. The third-order valence-corrected chi connectivity index (χ3v) is 3.55. The van der Waals surface area contributed by atoms with Crippen LogP contribution in [0.4, 0.5) is 0 Å². The molecule has 0 aromatic carbocycles. The second kappa shape index (κ2) is 5.69. The third-order valence-electron chi connectivity index (χ3n) is 3.55. The Bertz CT molecular complexity index is 328. The van der Waals surface area contributed by atoms with Crippen molar-refractivity contribution >= 4 is 11.8 Å². The fraction of sp³-hybridized carbons (Fsp3) is 0.846. The van der Waals surface area contributed by atoms with Crippen molar-refractivity contribution in [2.45, 2.75) is 45.7 Å². The lowest BCUT2D eigenvalue weighted by atomic mass is 9.89. The van der Waals surface area contributed by atoms with Crippen LogP contribution in [0.15, 0.2) is 0 Å². The molecule has 0 saturated carbocycles. The molecule has 1 rings (SSSR count). The Labute approximate surface area is 109 Å². The molecule has 5 nitrogen and oxygen atoms in total. The minimum absolute atomic E-state index is 0.0375. The predicted molar refractivity (Wildman–Crippen MR) is 69.1 cm³/mol. The zero-order chi connectivity index (χ0) is 13.9. The Balaban J connectivity index is 2.98. The topological polar surface area (TPSA) is 58.6 Å². The molecule has 1 fully saturated rings. The molecule has 0 bridgehead atoms. The number of piperazine rings is 1. The van der Waals surface area contributed by atoms with Crippen molar-refractivity contribution in [3.63, 3.8) is 0 Å². The van der Waals surface area contributed by atoms with Gasteiger partial charge in [-0.2, -0.15) is 0 Å². The van der Waals surface area contributed by atoms with Crippen LogP contribution in [-0.2, 0) is 14.3 Å². The number of carbonyl (C=O) groups excluding carboxylic acids is 2. The standard InChI is InChI=1S/C13H24N2O3/c1-6-9(2)10-11(16)14-13(3,4)12(17)15(10)7-8-18-5/h9-10H,6-8H2,1-5H3,(H,14,16). The Hall–Kier alpha value is -1.10. The monoisotopic (exact) mass is 256 g/mol. The number of nitrogens with one attached hydrogen (secondary N) is 1. The summed E-state index contributed by atoms with van der Waals surface area (Å²) >= 11 is 0. The van der Waals surface area contributed by atoms with Crippen LogP contribution in [0.1, 0.15) is 34.1 Å². The van der Waals surface area contributed by atoms with Gasteiger partial charge in [-0.3, -0.25) is 9.59 Å². The zero-order valence-corrected chi connectivity index (χ0v) is 11.9. The first kappa shape index (κ1) is 15.0. The van der Waals surface area contributed by atoms with Crippen LogP contribution in [0.3, 0.4) is 0 Å². The predicted octanol–water partition coefficient (Wildman–Crippen LogP) is 0.785. The van der Waals surface area contributed by atoms with Gasteiger partial charge in [0.05, 0.1) is 6.61 Å². The molecule has 2 amide bonds. The fourth-order valence-corrected chi connectivity index (χ4v) is 2.28. The maximum atomic E-state index is 12.4. The van der Waals surface area contributed by atoms with Crippen LogP contribution >= 0.6 is 0 Å². The number of carbonyl (C=O) groups is 2. The number of hydrogen-bond acceptors (Lipinski definition) is 3. The van der Waals surface area contributed by atoms with Crippen LogP contribution in [0.25, 0.3) is 0 Å². The second-order valence-corrected chi connectivity index (χ2v) is 5.44. The van der Waals surface area contributed by atoms with Gasteiger partial charge in [0, 0.05) is 13.7 Å². The summed E-state index contributed by atoms with van der Waals surface area (Å²) in [4.78, 5) is 26.2. The molecule has 1 aliphatic heterocycles. The smallest absolute Gasteiger partial charge is 0.248 e. The summed E-state index contributed by atoms with van der Waals surface area (Å²) in [6, 6.07) is -0.384. The molecule has 0 spiro atoms. The van der Waals surface area contributed by atoms with Gasteiger partial charge in [-0.25, -0.2) is 0 Å². The first-order valence-corrected chi connectivity index (χ1v) is 6.47. The average Bonchev–Trinajstić information content (AvgIpc) is 2.30. The lowest BCUT2D eigenvalue weighted by Crippen LogP contribution is -2.69. The summed E-state index contributed by atoms with van der Waals surface area (Å²) in [5.41, 5.74) is -0.825. The van der Waals surface area contributed by atoms with E-state index in [1.165, 1.54) is 0 Å². The first-order valence-electron chi connectivity index (χ1n) is 6.47. The van der Waals surface area contributed by atoms with E-state index in [1.54, 1.807) is 25.9 Å². The molecular formula is C13H24N2O3. The largest absolute Gasteiger partial charge is 0.383 e. The van der Waals surface area contributed by atoms with Gasteiger partial charge in [-0.05, 0) is 19.8 Å². The minimum Gasteiger partial charge on any atom is -0.383 e. The van der Waals surface area contributed by atoms with Gasteiger partial charge in [0.1, 0.15) is 11.6 Å². The van der Waals surface area contributed by atoms with E-state index in [0.717, 1.165) is 6.42 Å². The second-order valence-electron chi connectivity index (χ2n) is 5.44. The molecule has 0 aromatic rings. The Kier molecular flexibility index (Phi) is 4.73. The maximum Gasteiger partial charge on any atom is 0.248 e. The maximum absolute atomic E-state index is 12.4. The molecule has 18 heavy (non-hydrogen) atoms. The Morgan fingerprint density at radius 2 is 2.06 bits per heavy atom. The van der Waals surface area contributed by atoms with Crippen molar-refractivity contribution in [1.82, 2.24) is 10.2 Å². The van der Waals surface area contributed by atoms with Crippen molar-refractivity contribution in [2.24, 2.45) is 5.92 Å². The number of hydrogen-bond donors (Lipinski definition) is 1. The van der Waals surface area contributed by atoms with Crippen LogP contribution < -0.4 is 5.32 Å².